The Morgan fingerprint density at radius 2 is 1.89 bits per heavy atom. The standard InChI is InChI=1S/C10H14ClN3O3S2/c1-7-8(12-10(11)18-7)9(15)13-3-5-14(6-4-13)19(2,16)17/h3-6H2,1-2H3. The molecule has 0 spiro atoms. The number of aryl methyl sites for hydroxylation is 1. The van der Waals surface area contributed by atoms with E-state index in [9.17, 15) is 13.2 Å². The summed E-state index contributed by atoms with van der Waals surface area (Å²) in [6.45, 7) is 3.19. The first-order valence-corrected chi connectivity index (χ1v) is 8.70. The summed E-state index contributed by atoms with van der Waals surface area (Å²) in [5, 5.41) is 0. The average Bonchev–Trinajstić information content (AvgIpc) is 2.66. The van der Waals surface area contributed by atoms with E-state index in [2.05, 4.69) is 4.98 Å². The number of piperazine rings is 1. The second-order valence-electron chi connectivity index (χ2n) is 4.33. The minimum Gasteiger partial charge on any atom is -0.335 e. The van der Waals surface area contributed by atoms with Crippen molar-refractivity contribution in [2.45, 2.75) is 6.92 Å². The molecule has 0 aromatic carbocycles. The van der Waals surface area contributed by atoms with Gasteiger partial charge < -0.3 is 4.90 Å². The highest BCUT2D eigenvalue weighted by Gasteiger charge is 2.28. The Labute approximate surface area is 121 Å². The number of hydrogen-bond donors (Lipinski definition) is 0. The van der Waals surface area contributed by atoms with Crippen molar-refractivity contribution in [2.75, 3.05) is 32.4 Å². The maximum atomic E-state index is 12.2. The van der Waals surface area contributed by atoms with Crippen molar-refractivity contribution in [3.63, 3.8) is 0 Å². The molecule has 1 saturated heterocycles. The lowest BCUT2D eigenvalue weighted by Gasteiger charge is -2.32. The third-order valence-electron chi connectivity index (χ3n) is 2.97. The van der Waals surface area contributed by atoms with E-state index in [1.807, 2.05) is 0 Å². The van der Waals surface area contributed by atoms with Crippen molar-refractivity contribution in [1.29, 1.82) is 0 Å². The molecular formula is C10H14ClN3O3S2. The van der Waals surface area contributed by atoms with E-state index in [-0.39, 0.29) is 5.91 Å². The molecule has 2 heterocycles. The van der Waals surface area contributed by atoms with Gasteiger partial charge in [0.15, 0.2) is 4.47 Å². The lowest BCUT2D eigenvalue weighted by molar-refractivity contribution is 0.0692. The van der Waals surface area contributed by atoms with Gasteiger partial charge in [0.25, 0.3) is 5.91 Å². The number of sulfonamides is 1. The van der Waals surface area contributed by atoms with Gasteiger partial charge in [-0.05, 0) is 6.92 Å². The zero-order valence-electron chi connectivity index (χ0n) is 10.6. The first kappa shape index (κ1) is 14.7. The van der Waals surface area contributed by atoms with Crippen molar-refractivity contribution in [3.8, 4) is 0 Å². The van der Waals surface area contributed by atoms with E-state index in [4.69, 9.17) is 11.6 Å². The predicted octanol–water partition coefficient (Wildman–Crippen LogP) is 0.822. The minimum atomic E-state index is -3.18. The van der Waals surface area contributed by atoms with Gasteiger partial charge in [-0.25, -0.2) is 13.4 Å². The molecule has 1 amide bonds. The number of halogens is 1. The molecule has 1 fully saturated rings. The topological polar surface area (TPSA) is 70.6 Å². The molecule has 0 N–H and O–H groups in total. The molecule has 0 unspecified atom stereocenters. The van der Waals surface area contributed by atoms with Gasteiger partial charge in [-0.1, -0.05) is 11.6 Å². The van der Waals surface area contributed by atoms with Crippen LogP contribution in [0.15, 0.2) is 0 Å². The fourth-order valence-electron chi connectivity index (χ4n) is 1.94. The smallest absolute Gasteiger partial charge is 0.273 e. The normalized spacial score (nSPS) is 17.7. The summed E-state index contributed by atoms with van der Waals surface area (Å²) < 4.78 is 24.5. The third kappa shape index (κ3) is 3.25. The Hall–Kier alpha value is -0.700. The summed E-state index contributed by atoms with van der Waals surface area (Å²) in [7, 11) is -3.18. The maximum Gasteiger partial charge on any atom is 0.273 e. The van der Waals surface area contributed by atoms with Gasteiger partial charge in [-0.2, -0.15) is 4.31 Å². The molecule has 0 aliphatic carbocycles. The van der Waals surface area contributed by atoms with Crippen molar-refractivity contribution >= 4 is 38.9 Å². The lowest BCUT2D eigenvalue weighted by Crippen LogP contribution is -2.50. The quantitative estimate of drug-likeness (QED) is 0.808. The SMILES string of the molecule is Cc1sc(Cl)nc1C(=O)N1CCN(S(C)(=O)=O)CC1. The van der Waals surface area contributed by atoms with Crippen molar-refractivity contribution < 1.29 is 13.2 Å². The summed E-state index contributed by atoms with van der Waals surface area (Å²) in [4.78, 5) is 18.6. The van der Waals surface area contributed by atoms with Gasteiger partial charge in [0, 0.05) is 31.1 Å². The van der Waals surface area contributed by atoms with Crippen LogP contribution < -0.4 is 0 Å². The van der Waals surface area contributed by atoms with Crippen LogP contribution in [0.5, 0.6) is 0 Å². The van der Waals surface area contributed by atoms with E-state index in [1.165, 1.54) is 21.9 Å². The van der Waals surface area contributed by atoms with Gasteiger partial charge in [0.1, 0.15) is 5.69 Å². The van der Waals surface area contributed by atoms with Gasteiger partial charge in [0.05, 0.1) is 6.26 Å². The molecule has 0 saturated carbocycles. The third-order valence-corrected chi connectivity index (χ3v) is 5.35. The van der Waals surface area contributed by atoms with E-state index in [0.717, 1.165) is 4.88 Å². The number of amides is 1. The highest BCUT2D eigenvalue weighted by atomic mass is 35.5. The molecule has 106 valence electrons. The van der Waals surface area contributed by atoms with E-state index in [0.29, 0.717) is 36.3 Å². The van der Waals surface area contributed by atoms with Crippen molar-refractivity contribution in [2.24, 2.45) is 0 Å². The van der Waals surface area contributed by atoms with Gasteiger partial charge in [-0.15, -0.1) is 11.3 Å². The van der Waals surface area contributed by atoms with Gasteiger partial charge in [0.2, 0.25) is 10.0 Å². The zero-order chi connectivity index (χ0) is 14.2. The summed E-state index contributed by atoms with van der Waals surface area (Å²) in [6.07, 6.45) is 1.18. The largest absolute Gasteiger partial charge is 0.335 e. The molecular weight excluding hydrogens is 310 g/mol. The Balaban J connectivity index is 2.06. The number of carbonyl (C=O) groups is 1. The number of carbonyl (C=O) groups excluding carboxylic acids is 1. The zero-order valence-corrected chi connectivity index (χ0v) is 13.0. The molecule has 0 radical (unpaired) electrons. The number of thiazole rings is 1. The average molecular weight is 324 g/mol. The summed E-state index contributed by atoms with van der Waals surface area (Å²) >= 11 is 7.05. The van der Waals surface area contributed by atoms with E-state index in [1.54, 1.807) is 11.8 Å². The van der Waals surface area contributed by atoms with Crippen LogP contribution in [0, 0.1) is 6.92 Å². The Bertz CT molecular complexity index is 591. The summed E-state index contributed by atoms with van der Waals surface area (Å²) in [6, 6.07) is 0. The number of aromatic nitrogens is 1. The number of nitrogens with zero attached hydrogens (tertiary/aromatic N) is 3. The molecule has 6 nitrogen and oxygen atoms in total. The van der Waals surface area contributed by atoms with Crippen LogP contribution in [0.3, 0.4) is 0 Å². The van der Waals surface area contributed by atoms with Crippen molar-refractivity contribution in [1.82, 2.24) is 14.2 Å². The summed E-state index contributed by atoms with van der Waals surface area (Å²) in [5.74, 6) is -0.186. The molecule has 1 aromatic heterocycles. The van der Waals surface area contributed by atoms with Crippen LogP contribution in [-0.2, 0) is 10.0 Å². The maximum absolute atomic E-state index is 12.2. The predicted molar refractivity (Wildman–Crippen MR) is 74.2 cm³/mol. The molecule has 2 rings (SSSR count). The van der Waals surface area contributed by atoms with Crippen LogP contribution in [0.25, 0.3) is 0 Å². The van der Waals surface area contributed by atoms with Gasteiger partial charge >= 0.3 is 0 Å². The number of rotatable bonds is 2. The Kier molecular flexibility index (Phi) is 4.14. The summed E-state index contributed by atoms with van der Waals surface area (Å²) in [5.41, 5.74) is 0.364. The highest BCUT2D eigenvalue weighted by molar-refractivity contribution is 7.88. The molecule has 1 aliphatic heterocycles. The lowest BCUT2D eigenvalue weighted by atomic mass is 10.3. The molecule has 0 atom stereocenters. The molecule has 19 heavy (non-hydrogen) atoms. The fourth-order valence-corrected chi connectivity index (χ4v) is 3.81. The molecule has 9 heteroatoms. The molecule has 1 aliphatic rings. The van der Waals surface area contributed by atoms with Crippen LogP contribution in [0.1, 0.15) is 15.4 Å². The van der Waals surface area contributed by atoms with E-state index >= 15 is 0 Å². The first-order chi connectivity index (χ1) is 8.79. The van der Waals surface area contributed by atoms with Crippen LogP contribution in [0.2, 0.25) is 4.47 Å². The monoisotopic (exact) mass is 323 g/mol. The molecule has 0 bridgehead atoms. The minimum absolute atomic E-state index is 0.186. The number of hydrogen-bond acceptors (Lipinski definition) is 5. The van der Waals surface area contributed by atoms with E-state index < -0.39 is 10.0 Å². The van der Waals surface area contributed by atoms with Crippen LogP contribution >= 0.6 is 22.9 Å². The van der Waals surface area contributed by atoms with Crippen LogP contribution in [-0.4, -0.2) is 60.9 Å². The first-order valence-electron chi connectivity index (χ1n) is 5.66. The second-order valence-corrected chi connectivity index (χ2v) is 8.09. The van der Waals surface area contributed by atoms with Gasteiger partial charge in [-0.3, -0.25) is 4.79 Å². The van der Waals surface area contributed by atoms with Crippen LogP contribution in [0.4, 0.5) is 0 Å². The molecule has 1 aromatic rings. The Morgan fingerprint density at radius 3 is 2.32 bits per heavy atom. The second kappa shape index (κ2) is 5.35. The highest BCUT2D eigenvalue weighted by Crippen LogP contribution is 2.23. The van der Waals surface area contributed by atoms with Crippen molar-refractivity contribution in [3.05, 3.63) is 15.0 Å². The fraction of sp³-hybridized carbons (Fsp3) is 0.600. The Morgan fingerprint density at radius 1 is 1.32 bits per heavy atom.